The number of Topliss-reactive ketones (excluding diaryl/α,β-unsaturated/α-hetero) is 1. The number of ether oxygens (including phenoxy) is 1. The van der Waals surface area contributed by atoms with Gasteiger partial charge in [-0.3, -0.25) is 9.59 Å². The molecule has 0 radical (unpaired) electrons. The van der Waals surface area contributed by atoms with Gasteiger partial charge < -0.3 is 25.1 Å². The molecule has 2 N–H and O–H groups in total. The molecule has 1 heterocycles. The molecular weight excluding hydrogens is 382 g/mol. The lowest BCUT2D eigenvalue weighted by molar-refractivity contribution is -0.130. The van der Waals surface area contributed by atoms with E-state index in [0.717, 1.165) is 45.2 Å². The third kappa shape index (κ3) is 8.14. The Balaban J connectivity index is 1.96. The van der Waals surface area contributed by atoms with Crippen molar-refractivity contribution in [3.8, 4) is 5.75 Å². The predicted octanol–water partition coefficient (Wildman–Crippen LogP) is 3.00. The molecule has 2 rings (SSSR count). The second-order valence-corrected chi connectivity index (χ2v) is 8.16. The maximum atomic E-state index is 12.9. The zero-order valence-corrected chi connectivity index (χ0v) is 18.4. The Hall–Kier alpha value is -2.41. The number of piperidine rings is 1. The molecule has 1 aromatic carbocycles. The molecule has 1 aliphatic rings. The van der Waals surface area contributed by atoms with Crippen molar-refractivity contribution in [1.29, 1.82) is 0 Å². The van der Waals surface area contributed by atoms with Gasteiger partial charge in [-0.05, 0) is 64.9 Å². The number of likely N-dealkylation sites (tertiary alicyclic amines) is 1. The predicted molar refractivity (Wildman–Crippen MR) is 118 cm³/mol. The highest BCUT2D eigenvalue weighted by molar-refractivity contribution is 5.97. The number of benzene rings is 1. The van der Waals surface area contributed by atoms with E-state index >= 15 is 0 Å². The second kappa shape index (κ2) is 12.3. The Labute approximate surface area is 179 Å². The summed E-state index contributed by atoms with van der Waals surface area (Å²) in [6, 6.07) is 6.57. The Morgan fingerprint density at radius 3 is 2.57 bits per heavy atom. The van der Waals surface area contributed by atoms with Crippen molar-refractivity contribution in [2.75, 3.05) is 32.6 Å². The second-order valence-electron chi connectivity index (χ2n) is 8.16. The number of rotatable bonds is 11. The van der Waals surface area contributed by atoms with E-state index < -0.39 is 6.04 Å². The molecule has 1 atom stereocenters. The number of unbranched alkanes of at least 4 members (excludes halogenated alkanes) is 2. The van der Waals surface area contributed by atoms with Crippen LogP contribution < -0.4 is 15.4 Å². The van der Waals surface area contributed by atoms with Crippen molar-refractivity contribution in [2.45, 2.75) is 57.9 Å². The lowest BCUT2D eigenvalue weighted by Crippen LogP contribution is -2.47. The Morgan fingerprint density at radius 1 is 1.17 bits per heavy atom. The van der Waals surface area contributed by atoms with E-state index in [9.17, 15) is 14.4 Å². The summed E-state index contributed by atoms with van der Waals surface area (Å²) in [6.45, 7) is 3.37. The smallest absolute Gasteiger partial charge is 0.246 e. The summed E-state index contributed by atoms with van der Waals surface area (Å²) < 4.78 is 5.21. The van der Waals surface area contributed by atoms with Gasteiger partial charge in [0.1, 0.15) is 17.6 Å². The van der Waals surface area contributed by atoms with Crippen LogP contribution in [0.2, 0.25) is 0 Å². The summed E-state index contributed by atoms with van der Waals surface area (Å²) in [4.78, 5) is 39.0. The largest absolute Gasteiger partial charge is 0.497 e. The number of nitrogens with zero attached hydrogens (tertiary/aromatic N) is 1. The molecule has 0 aliphatic carbocycles. The average molecular weight is 418 g/mol. The maximum absolute atomic E-state index is 12.9. The van der Waals surface area contributed by atoms with Crippen LogP contribution >= 0.6 is 0 Å². The van der Waals surface area contributed by atoms with Gasteiger partial charge in [-0.25, -0.2) is 0 Å². The summed E-state index contributed by atoms with van der Waals surface area (Å²) in [6.07, 6.45) is 5.16. The highest BCUT2D eigenvalue weighted by Gasteiger charge is 2.27. The van der Waals surface area contributed by atoms with E-state index in [4.69, 9.17) is 4.74 Å². The van der Waals surface area contributed by atoms with Crippen LogP contribution in [0, 0.1) is 5.92 Å². The Bertz CT molecular complexity index is 714. The van der Waals surface area contributed by atoms with Crippen LogP contribution in [0.3, 0.4) is 0 Å². The lowest BCUT2D eigenvalue weighted by atomic mass is 9.95. The summed E-state index contributed by atoms with van der Waals surface area (Å²) >= 11 is 0. The number of nitrogens with one attached hydrogen (secondary N) is 2. The van der Waals surface area contributed by atoms with E-state index in [1.807, 2.05) is 12.1 Å². The van der Waals surface area contributed by atoms with E-state index in [1.165, 1.54) is 0 Å². The third-order valence-corrected chi connectivity index (χ3v) is 5.58. The molecule has 0 aromatic heterocycles. The molecule has 2 amide bonds. The first kappa shape index (κ1) is 23.9. The summed E-state index contributed by atoms with van der Waals surface area (Å²) in [5.74, 6) is 0.515. The minimum atomic E-state index is -0.597. The number of carbonyl (C=O) groups excluding carboxylic acids is 3. The standard InChI is InChI=1S/C23H35N3O4/c1-17(27)8-5-4-6-11-21(25-22(28)18-12-14-26(2)15-13-18)23(29)24-19-9-7-10-20(16-19)30-3/h7,9-10,16,18,21H,4-6,8,11-15H2,1-3H3,(H,24,29)(H,25,28)/t21-/m0/s1. The minimum absolute atomic E-state index is 0.0439. The van der Waals surface area contributed by atoms with Gasteiger partial charge in [0.05, 0.1) is 7.11 Å². The number of carbonyl (C=O) groups is 3. The highest BCUT2D eigenvalue weighted by atomic mass is 16.5. The molecule has 1 fully saturated rings. The van der Waals surface area contributed by atoms with Crippen molar-refractivity contribution < 1.29 is 19.1 Å². The normalized spacial score (nSPS) is 16.0. The fourth-order valence-corrected chi connectivity index (χ4v) is 3.66. The van der Waals surface area contributed by atoms with Crippen LogP contribution in [-0.2, 0) is 14.4 Å². The zero-order chi connectivity index (χ0) is 21.9. The van der Waals surface area contributed by atoms with E-state index in [0.29, 0.717) is 24.3 Å². The summed E-state index contributed by atoms with van der Waals surface area (Å²) in [5, 5.41) is 5.88. The first-order chi connectivity index (χ1) is 14.4. The molecular formula is C23H35N3O4. The molecule has 0 saturated carbocycles. The molecule has 0 bridgehead atoms. The fourth-order valence-electron chi connectivity index (χ4n) is 3.66. The van der Waals surface area contributed by atoms with Crippen LogP contribution in [0.1, 0.15) is 51.9 Å². The average Bonchev–Trinajstić information content (AvgIpc) is 2.72. The van der Waals surface area contributed by atoms with Crippen LogP contribution in [0.4, 0.5) is 5.69 Å². The molecule has 166 valence electrons. The topological polar surface area (TPSA) is 87.7 Å². The zero-order valence-electron chi connectivity index (χ0n) is 18.4. The molecule has 0 unspecified atom stereocenters. The van der Waals surface area contributed by atoms with E-state index in [2.05, 4.69) is 22.6 Å². The van der Waals surface area contributed by atoms with Crippen LogP contribution in [0.25, 0.3) is 0 Å². The van der Waals surface area contributed by atoms with Crippen LogP contribution in [0.5, 0.6) is 5.75 Å². The molecule has 1 aromatic rings. The molecule has 7 nitrogen and oxygen atoms in total. The minimum Gasteiger partial charge on any atom is -0.497 e. The number of hydrogen-bond acceptors (Lipinski definition) is 5. The molecule has 1 saturated heterocycles. The van der Waals surface area contributed by atoms with Gasteiger partial charge in [0.2, 0.25) is 11.8 Å². The van der Waals surface area contributed by atoms with Crippen molar-refractivity contribution in [3.63, 3.8) is 0 Å². The van der Waals surface area contributed by atoms with E-state index in [1.54, 1.807) is 26.2 Å². The number of methoxy groups -OCH3 is 1. The molecule has 1 aliphatic heterocycles. The van der Waals surface area contributed by atoms with Gasteiger partial charge in [-0.2, -0.15) is 0 Å². The van der Waals surface area contributed by atoms with Gasteiger partial charge in [-0.1, -0.05) is 18.9 Å². The first-order valence-corrected chi connectivity index (χ1v) is 10.8. The summed E-state index contributed by atoms with van der Waals surface area (Å²) in [7, 11) is 3.63. The van der Waals surface area contributed by atoms with Crippen LogP contribution in [0.15, 0.2) is 24.3 Å². The lowest BCUT2D eigenvalue weighted by Gasteiger charge is -2.29. The third-order valence-electron chi connectivity index (χ3n) is 5.58. The van der Waals surface area contributed by atoms with Gasteiger partial charge in [0.15, 0.2) is 0 Å². The van der Waals surface area contributed by atoms with Crippen molar-refractivity contribution in [2.24, 2.45) is 5.92 Å². The van der Waals surface area contributed by atoms with Crippen molar-refractivity contribution in [1.82, 2.24) is 10.2 Å². The SMILES string of the molecule is COc1cccc(NC(=O)[C@H](CCCCCC(C)=O)NC(=O)C2CCN(C)CC2)c1. The quantitative estimate of drug-likeness (QED) is 0.541. The van der Waals surface area contributed by atoms with Crippen molar-refractivity contribution in [3.05, 3.63) is 24.3 Å². The fraction of sp³-hybridized carbons (Fsp3) is 0.609. The number of amides is 2. The Morgan fingerprint density at radius 2 is 1.90 bits per heavy atom. The first-order valence-electron chi connectivity index (χ1n) is 10.8. The highest BCUT2D eigenvalue weighted by Crippen LogP contribution is 2.19. The monoisotopic (exact) mass is 417 g/mol. The number of anilines is 1. The molecule has 30 heavy (non-hydrogen) atoms. The van der Waals surface area contributed by atoms with Gasteiger partial charge in [-0.15, -0.1) is 0 Å². The summed E-state index contributed by atoms with van der Waals surface area (Å²) in [5.41, 5.74) is 0.634. The molecule has 0 spiro atoms. The van der Waals surface area contributed by atoms with Crippen LogP contribution in [-0.4, -0.2) is 55.8 Å². The van der Waals surface area contributed by atoms with E-state index in [-0.39, 0.29) is 23.5 Å². The van der Waals surface area contributed by atoms with Gasteiger partial charge >= 0.3 is 0 Å². The number of ketones is 1. The molecule has 7 heteroatoms. The van der Waals surface area contributed by atoms with Gasteiger partial charge in [0.25, 0.3) is 0 Å². The Kier molecular flexibility index (Phi) is 9.80. The van der Waals surface area contributed by atoms with Gasteiger partial charge in [0, 0.05) is 24.1 Å². The maximum Gasteiger partial charge on any atom is 0.246 e. The van der Waals surface area contributed by atoms with Crippen molar-refractivity contribution >= 4 is 23.3 Å². The number of hydrogen-bond donors (Lipinski definition) is 2.